The van der Waals surface area contributed by atoms with Crippen LogP contribution in [-0.2, 0) is 22.7 Å². The standard InChI is InChI=1S/C24H32N4O3/c29-21-6-5-20(22(30)27-21)28-15-17-12-16(3-4-19(17)23(28)31)13-26-14-18-2-1-7-24(18)8-10-25-11-9-24/h3-4,12,18,20,25-26H,1-2,5-11,13-15H2,(H,27,29,30). The third-order valence-corrected chi connectivity index (χ3v) is 8.00. The predicted octanol–water partition coefficient (Wildman–Crippen LogP) is 1.71. The molecule has 2 unspecified atom stereocenters. The molecule has 2 atom stereocenters. The molecule has 31 heavy (non-hydrogen) atoms. The zero-order valence-corrected chi connectivity index (χ0v) is 18.0. The lowest BCUT2D eigenvalue weighted by Gasteiger charge is -2.39. The number of imide groups is 1. The molecular weight excluding hydrogens is 392 g/mol. The molecule has 2 saturated heterocycles. The molecule has 3 aliphatic heterocycles. The molecule has 3 fully saturated rings. The van der Waals surface area contributed by atoms with Crippen molar-refractivity contribution in [1.29, 1.82) is 0 Å². The monoisotopic (exact) mass is 424 g/mol. The van der Waals surface area contributed by atoms with Gasteiger partial charge in [0.2, 0.25) is 11.8 Å². The molecule has 5 rings (SSSR count). The van der Waals surface area contributed by atoms with Crippen molar-refractivity contribution >= 4 is 17.7 Å². The Bertz CT molecular complexity index is 893. The number of rotatable bonds is 5. The molecule has 7 heteroatoms. The molecule has 1 aromatic rings. The van der Waals surface area contributed by atoms with E-state index in [2.05, 4.69) is 22.0 Å². The Morgan fingerprint density at radius 3 is 2.74 bits per heavy atom. The SMILES string of the molecule is O=C1CCC(N2Cc3cc(CNCC4CCCC45CCNCC5)ccc3C2=O)C(=O)N1. The van der Waals surface area contributed by atoms with Crippen molar-refractivity contribution < 1.29 is 14.4 Å². The number of nitrogens with one attached hydrogen (secondary N) is 3. The van der Waals surface area contributed by atoms with Gasteiger partial charge in [0.15, 0.2) is 0 Å². The van der Waals surface area contributed by atoms with E-state index in [4.69, 9.17) is 0 Å². The zero-order chi connectivity index (χ0) is 21.4. The maximum atomic E-state index is 12.8. The van der Waals surface area contributed by atoms with Gasteiger partial charge in [0.25, 0.3) is 5.91 Å². The van der Waals surface area contributed by atoms with Gasteiger partial charge in [-0.1, -0.05) is 18.6 Å². The lowest BCUT2D eigenvalue weighted by atomic mass is 9.71. The highest BCUT2D eigenvalue weighted by atomic mass is 16.2. The number of piperidine rings is 2. The van der Waals surface area contributed by atoms with Crippen molar-refractivity contribution in [3.8, 4) is 0 Å². The van der Waals surface area contributed by atoms with E-state index in [9.17, 15) is 14.4 Å². The molecule has 1 spiro atoms. The van der Waals surface area contributed by atoms with Crippen LogP contribution in [0, 0.1) is 11.3 Å². The molecule has 1 aliphatic carbocycles. The number of carbonyl (C=O) groups is 3. The molecule has 1 saturated carbocycles. The normalized spacial score (nSPS) is 27.6. The van der Waals surface area contributed by atoms with E-state index in [0.29, 0.717) is 23.9 Å². The van der Waals surface area contributed by atoms with Crippen LogP contribution in [0.3, 0.4) is 0 Å². The van der Waals surface area contributed by atoms with Crippen molar-refractivity contribution in [1.82, 2.24) is 20.9 Å². The number of carbonyl (C=O) groups excluding carboxylic acids is 3. The van der Waals surface area contributed by atoms with E-state index in [1.54, 1.807) is 4.90 Å². The number of benzene rings is 1. The largest absolute Gasteiger partial charge is 0.322 e. The van der Waals surface area contributed by atoms with E-state index in [1.807, 2.05) is 12.1 Å². The van der Waals surface area contributed by atoms with Crippen LogP contribution >= 0.6 is 0 Å². The fourth-order valence-corrected chi connectivity index (χ4v) is 6.24. The molecule has 1 aromatic carbocycles. The summed E-state index contributed by atoms with van der Waals surface area (Å²) in [5.74, 6) is 0.0337. The summed E-state index contributed by atoms with van der Waals surface area (Å²) in [5, 5.41) is 9.55. The lowest BCUT2D eigenvalue weighted by molar-refractivity contribution is -0.136. The third-order valence-electron chi connectivity index (χ3n) is 8.00. The van der Waals surface area contributed by atoms with Gasteiger partial charge in [-0.3, -0.25) is 19.7 Å². The van der Waals surface area contributed by atoms with Gasteiger partial charge >= 0.3 is 0 Å². The van der Waals surface area contributed by atoms with Crippen molar-refractivity contribution in [3.05, 3.63) is 34.9 Å². The topological polar surface area (TPSA) is 90.5 Å². The first-order valence-corrected chi connectivity index (χ1v) is 11.7. The van der Waals surface area contributed by atoms with E-state index >= 15 is 0 Å². The first kappa shape index (κ1) is 20.6. The summed E-state index contributed by atoms with van der Waals surface area (Å²) in [6.07, 6.45) is 7.34. The summed E-state index contributed by atoms with van der Waals surface area (Å²) in [5.41, 5.74) is 3.36. The summed E-state index contributed by atoms with van der Waals surface area (Å²) in [4.78, 5) is 38.1. The first-order chi connectivity index (χ1) is 15.1. The number of hydrogen-bond donors (Lipinski definition) is 3. The molecule has 166 valence electrons. The van der Waals surface area contributed by atoms with Crippen molar-refractivity contribution in [2.45, 2.75) is 64.1 Å². The van der Waals surface area contributed by atoms with Crippen LogP contribution < -0.4 is 16.0 Å². The fraction of sp³-hybridized carbons (Fsp3) is 0.625. The Morgan fingerprint density at radius 2 is 1.94 bits per heavy atom. The second-order valence-electron chi connectivity index (χ2n) is 9.72. The summed E-state index contributed by atoms with van der Waals surface area (Å²) in [6.45, 7) is 4.59. The van der Waals surface area contributed by atoms with Crippen molar-refractivity contribution in [3.63, 3.8) is 0 Å². The van der Waals surface area contributed by atoms with Gasteiger partial charge in [0, 0.05) is 25.1 Å². The minimum Gasteiger partial charge on any atom is -0.322 e. The summed E-state index contributed by atoms with van der Waals surface area (Å²) in [6, 6.07) is 5.46. The van der Waals surface area contributed by atoms with Crippen LogP contribution in [0.5, 0.6) is 0 Å². The average Bonchev–Trinajstić information content (AvgIpc) is 3.29. The first-order valence-electron chi connectivity index (χ1n) is 11.7. The van der Waals surface area contributed by atoms with Crippen LogP contribution in [-0.4, -0.2) is 48.3 Å². The van der Waals surface area contributed by atoms with Crippen LogP contribution in [0.25, 0.3) is 0 Å². The van der Waals surface area contributed by atoms with Gasteiger partial charge in [-0.15, -0.1) is 0 Å². The predicted molar refractivity (Wildman–Crippen MR) is 116 cm³/mol. The van der Waals surface area contributed by atoms with Crippen LogP contribution in [0.4, 0.5) is 0 Å². The number of nitrogens with zero attached hydrogens (tertiary/aromatic N) is 1. The number of fused-ring (bicyclic) bond motifs is 1. The Morgan fingerprint density at radius 1 is 1.10 bits per heavy atom. The van der Waals surface area contributed by atoms with Crippen molar-refractivity contribution in [2.75, 3.05) is 19.6 Å². The minimum absolute atomic E-state index is 0.109. The van der Waals surface area contributed by atoms with Crippen molar-refractivity contribution in [2.24, 2.45) is 11.3 Å². The van der Waals surface area contributed by atoms with E-state index in [1.165, 1.54) is 37.7 Å². The Labute approximate surface area is 183 Å². The fourth-order valence-electron chi connectivity index (χ4n) is 6.24. The summed E-state index contributed by atoms with van der Waals surface area (Å²) < 4.78 is 0. The molecule has 3 amide bonds. The minimum atomic E-state index is -0.553. The van der Waals surface area contributed by atoms with Crippen LogP contribution in [0.1, 0.15) is 66.4 Å². The van der Waals surface area contributed by atoms with Crippen LogP contribution in [0.2, 0.25) is 0 Å². The molecule has 4 aliphatic rings. The maximum Gasteiger partial charge on any atom is 0.255 e. The van der Waals surface area contributed by atoms with Gasteiger partial charge < -0.3 is 15.5 Å². The van der Waals surface area contributed by atoms with Crippen LogP contribution in [0.15, 0.2) is 18.2 Å². The van der Waals surface area contributed by atoms with E-state index in [-0.39, 0.29) is 24.1 Å². The molecule has 0 radical (unpaired) electrons. The molecule has 3 heterocycles. The summed E-state index contributed by atoms with van der Waals surface area (Å²) in [7, 11) is 0. The molecule has 0 bridgehead atoms. The lowest BCUT2D eigenvalue weighted by Crippen LogP contribution is -2.52. The Balaban J connectivity index is 1.20. The van der Waals surface area contributed by atoms with Gasteiger partial charge in [0.05, 0.1) is 0 Å². The zero-order valence-electron chi connectivity index (χ0n) is 18.0. The molecule has 3 N–H and O–H groups in total. The maximum absolute atomic E-state index is 12.8. The van der Waals surface area contributed by atoms with Gasteiger partial charge in [-0.25, -0.2) is 0 Å². The molecular formula is C24H32N4O3. The highest BCUT2D eigenvalue weighted by Crippen LogP contribution is 2.49. The summed E-state index contributed by atoms with van der Waals surface area (Å²) >= 11 is 0. The highest BCUT2D eigenvalue weighted by Gasteiger charge is 2.43. The number of amides is 3. The second kappa shape index (κ2) is 8.36. The number of hydrogen-bond acceptors (Lipinski definition) is 5. The quantitative estimate of drug-likeness (QED) is 0.626. The Hall–Kier alpha value is -2.25. The van der Waals surface area contributed by atoms with E-state index in [0.717, 1.165) is 37.7 Å². The third kappa shape index (κ3) is 3.89. The average molecular weight is 425 g/mol. The van der Waals surface area contributed by atoms with Gasteiger partial charge in [-0.05, 0) is 80.3 Å². The van der Waals surface area contributed by atoms with Gasteiger partial charge in [0.1, 0.15) is 6.04 Å². The molecule has 0 aromatic heterocycles. The van der Waals surface area contributed by atoms with Gasteiger partial charge in [-0.2, -0.15) is 0 Å². The Kier molecular flexibility index (Phi) is 5.56. The smallest absolute Gasteiger partial charge is 0.255 e. The highest BCUT2D eigenvalue weighted by molar-refractivity contribution is 6.05. The second-order valence-corrected chi connectivity index (χ2v) is 9.72. The molecule has 7 nitrogen and oxygen atoms in total. The van der Waals surface area contributed by atoms with E-state index < -0.39 is 6.04 Å².